The number of nitrogens with zero attached hydrogens (tertiary/aromatic N) is 1. The van der Waals surface area contributed by atoms with Crippen molar-refractivity contribution in [3.8, 4) is 5.75 Å². The van der Waals surface area contributed by atoms with Crippen LogP contribution in [0.2, 0.25) is 0 Å². The van der Waals surface area contributed by atoms with Gasteiger partial charge in [-0.15, -0.1) is 0 Å². The first-order valence-electron chi connectivity index (χ1n) is 8.84. The first-order chi connectivity index (χ1) is 10.7. The molecule has 0 amide bonds. The highest BCUT2D eigenvalue weighted by Crippen LogP contribution is 2.37. The normalized spacial score (nSPS) is 28.1. The van der Waals surface area contributed by atoms with Gasteiger partial charge in [0.25, 0.3) is 0 Å². The molecule has 0 spiro atoms. The highest BCUT2D eigenvalue weighted by Gasteiger charge is 2.35. The molecule has 2 aliphatic rings. The van der Waals surface area contributed by atoms with E-state index < -0.39 is 0 Å². The van der Waals surface area contributed by atoms with E-state index in [1.165, 1.54) is 31.2 Å². The zero-order valence-electron chi connectivity index (χ0n) is 14.0. The Morgan fingerprint density at radius 1 is 1.23 bits per heavy atom. The summed E-state index contributed by atoms with van der Waals surface area (Å²) in [5.74, 6) is 2.40. The van der Waals surface area contributed by atoms with Crippen molar-refractivity contribution in [3.63, 3.8) is 0 Å². The van der Waals surface area contributed by atoms with Gasteiger partial charge in [0.2, 0.25) is 0 Å². The van der Waals surface area contributed by atoms with E-state index in [0.29, 0.717) is 12.0 Å². The van der Waals surface area contributed by atoms with E-state index in [2.05, 4.69) is 36.1 Å². The maximum absolute atomic E-state index is 6.39. The fourth-order valence-electron chi connectivity index (χ4n) is 4.28. The molecule has 2 N–H and O–H groups in total. The summed E-state index contributed by atoms with van der Waals surface area (Å²) in [4.78, 5) is 2.69. The second kappa shape index (κ2) is 7.01. The van der Waals surface area contributed by atoms with E-state index >= 15 is 0 Å². The molecular weight excluding hydrogens is 272 g/mol. The van der Waals surface area contributed by atoms with E-state index in [4.69, 9.17) is 10.5 Å². The van der Waals surface area contributed by atoms with Gasteiger partial charge < -0.3 is 10.5 Å². The Labute approximate surface area is 134 Å². The van der Waals surface area contributed by atoms with Gasteiger partial charge in [0.1, 0.15) is 5.75 Å². The zero-order valence-corrected chi connectivity index (χ0v) is 14.0. The van der Waals surface area contributed by atoms with Crippen LogP contribution in [0.1, 0.15) is 50.5 Å². The van der Waals surface area contributed by atoms with Gasteiger partial charge in [-0.3, -0.25) is 4.90 Å². The van der Waals surface area contributed by atoms with E-state index in [9.17, 15) is 0 Å². The highest BCUT2D eigenvalue weighted by atomic mass is 16.5. The number of hydrogen-bond acceptors (Lipinski definition) is 3. The highest BCUT2D eigenvalue weighted by molar-refractivity contribution is 5.30. The van der Waals surface area contributed by atoms with Crippen molar-refractivity contribution < 1.29 is 4.74 Å². The van der Waals surface area contributed by atoms with Crippen LogP contribution >= 0.6 is 0 Å². The van der Waals surface area contributed by atoms with E-state index in [1.807, 2.05) is 0 Å². The molecular formula is C19H30N2O. The van der Waals surface area contributed by atoms with Crippen LogP contribution in [0, 0.1) is 5.92 Å². The van der Waals surface area contributed by atoms with Gasteiger partial charge in [0, 0.05) is 25.2 Å². The Morgan fingerprint density at radius 2 is 1.95 bits per heavy atom. The molecule has 1 aliphatic carbocycles. The molecule has 22 heavy (non-hydrogen) atoms. The molecule has 3 nitrogen and oxygen atoms in total. The van der Waals surface area contributed by atoms with E-state index in [0.717, 1.165) is 37.2 Å². The van der Waals surface area contributed by atoms with Gasteiger partial charge in [0.15, 0.2) is 0 Å². The lowest BCUT2D eigenvalue weighted by Gasteiger charge is -2.46. The topological polar surface area (TPSA) is 38.5 Å². The average molecular weight is 302 g/mol. The van der Waals surface area contributed by atoms with Crippen molar-refractivity contribution in [2.24, 2.45) is 11.7 Å². The number of nitrogens with two attached hydrogens (primary N) is 1. The van der Waals surface area contributed by atoms with Crippen LogP contribution in [-0.2, 0) is 0 Å². The van der Waals surface area contributed by atoms with Crippen molar-refractivity contribution in [1.29, 1.82) is 0 Å². The van der Waals surface area contributed by atoms with Crippen molar-refractivity contribution >= 4 is 0 Å². The zero-order chi connectivity index (χ0) is 15.5. The summed E-state index contributed by atoms with van der Waals surface area (Å²) in [7, 11) is 1.72. The molecule has 1 aliphatic heterocycles. The second-order valence-corrected chi connectivity index (χ2v) is 7.09. The number of piperidine rings is 1. The molecule has 1 saturated heterocycles. The molecule has 1 heterocycles. The van der Waals surface area contributed by atoms with E-state index in [-0.39, 0.29) is 0 Å². The molecule has 1 aromatic carbocycles. The van der Waals surface area contributed by atoms with Gasteiger partial charge >= 0.3 is 0 Å². The van der Waals surface area contributed by atoms with Crippen LogP contribution in [0.5, 0.6) is 5.75 Å². The molecule has 2 fully saturated rings. The summed E-state index contributed by atoms with van der Waals surface area (Å²) in [5, 5.41) is 0. The molecule has 0 aromatic heterocycles. The minimum atomic E-state index is 0.301. The van der Waals surface area contributed by atoms with Crippen LogP contribution in [0.25, 0.3) is 0 Å². The Balaban J connectivity index is 1.71. The first kappa shape index (κ1) is 15.8. The van der Waals surface area contributed by atoms with Crippen LogP contribution in [-0.4, -0.2) is 37.2 Å². The quantitative estimate of drug-likeness (QED) is 0.906. The minimum absolute atomic E-state index is 0.301. The van der Waals surface area contributed by atoms with Crippen LogP contribution < -0.4 is 10.5 Å². The summed E-state index contributed by atoms with van der Waals surface area (Å²) < 4.78 is 5.27. The van der Waals surface area contributed by atoms with Crippen molar-refractivity contribution in [2.45, 2.75) is 57.0 Å². The van der Waals surface area contributed by atoms with Gasteiger partial charge in [-0.1, -0.05) is 25.5 Å². The lowest BCUT2D eigenvalue weighted by molar-refractivity contribution is 0.0605. The van der Waals surface area contributed by atoms with Crippen molar-refractivity contribution in [1.82, 2.24) is 4.90 Å². The van der Waals surface area contributed by atoms with Crippen LogP contribution in [0.15, 0.2) is 24.3 Å². The summed E-state index contributed by atoms with van der Waals surface area (Å²) in [5.41, 5.74) is 7.80. The minimum Gasteiger partial charge on any atom is -0.497 e. The van der Waals surface area contributed by atoms with Gasteiger partial charge in [-0.25, -0.2) is 0 Å². The SMILES string of the molecule is CCC(C1CCC1)N1CC(N)CC(c2ccc(OC)cc2)C1. The van der Waals surface area contributed by atoms with Crippen molar-refractivity contribution in [2.75, 3.05) is 20.2 Å². The largest absolute Gasteiger partial charge is 0.497 e. The molecule has 1 saturated carbocycles. The fourth-order valence-corrected chi connectivity index (χ4v) is 4.28. The maximum atomic E-state index is 6.39. The summed E-state index contributed by atoms with van der Waals surface area (Å²) in [6.07, 6.45) is 6.61. The predicted molar refractivity (Wildman–Crippen MR) is 91.3 cm³/mol. The third kappa shape index (κ3) is 3.31. The van der Waals surface area contributed by atoms with Crippen LogP contribution in [0.3, 0.4) is 0 Å². The number of ether oxygens (including phenoxy) is 1. The third-order valence-electron chi connectivity index (χ3n) is 5.68. The smallest absolute Gasteiger partial charge is 0.118 e. The molecule has 1 aromatic rings. The molecule has 122 valence electrons. The maximum Gasteiger partial charge on any atom is 0.118 e. The fraction of sp³-hybridized carbons (Fsp3) is 0.684. The van der Waals surface area contributed by atoms with Gasteiger partial charge in [-0.2, -0.15) is 0 Å². The molecule has 3 rings (SSSR count). The summed E-state index contributed by atoms with van der Waals surface area (Å²) >= 11 is 0. The number of likely N-dealkylation sites (tertiary alicyclic amines) is 1. The lowest BCUT2D eigenvalue weighted by Crippen LogP contribution is -2.53. The Kier molecular flexibility index (Phi) is 5.04. The average Bonchev–Trinajstić information content (AvgIpc) is 2.50. The monoisotopic (exact) mass is 302 g/mol. The Bertz CT molecular complexity index is 469. The predicted octanol–water partition coefficient (Wildman–Crippen LogP) is 3.39. The second-order valence-electron chi connectivity index (χ2n) is 7.09. The Hall–Kier alpha value is -1.06. The number of hydrogen-bond donors (Lipinski definition) is 1. The Morgan fingerprint density at radius 3 is 2.50 bits per heavy atom. The molecule has 0 bridgehead atoms. The molecule has 3 heteroatoms. The molecule has 3 atom stereocenters. The third-order valence-corrected chi connectivity index (χ3v) is 5.68. The van der Waals surface area contributed by atoms with E-state index in [1.54, 1.807) is 7.11 Å². The number of benzene rings is 1. The molecule has 0 radical (unpaired) electrons. The first-order valence-corrected chi connectivity index (χ1v) is 8.84. The van der Waals surface area contributed by atoms with Crippen molar-refractivity contribution in [3.05, 3.63) is 29.8 Å². The lowest BCUT2D eigenvalue weighted by atomic mass is 9.76. The number of methoxy groups -OCH3 is 1. The molecule has 3 unspecified atom stereocenters. The summed E-state index contributed by atoms with van der Waals surface area (Å²) in [6.45, 7) is 4.57. The standard InChI is InChI=1S/C19H30N2O/c1-3-19(15-5-4-6-15)21-12-16(11-17(20)13-21)14-7-9-18(22-2)10-8-14/h7-10,15-17,19H,3-6,11-13,20H2,1-2H3. The number of rotatable bonds is 5. The van der Waals surface area contributed by atoms with Gasteiger partial charge in [0.05, 0.1) is 7.11 Å². The summed E-state index contributed by atoms with van der Waals surface area (Å²) in [6, 6.07) is 9.61. The van der Waals surface area contributed by atoms with Crippen LogP contribution in [0.4, 0.5) is 0 Å². The van der Waals surface area contributed by atoms with Gasteiger partial charge in [-0.05, 0) is 55.2 Å².